The van der Waals surface area contributed by atoms with Crippen LogP contribution in [0, 0.1) is 11.3 Å². The van der Waals surface area contributed by atoms with Gasteiger partial charge in [-0.25, -0.2) is 4.98 Å². The highest BCUT2D eigenvalue weighted by Crippen LogP contribution is 2.31. The summed E-state index contributed by atoms with van der Waals surface area (Å²) < 4.78 is 10.1. The van der Waals surface area contributed by atoms with E-state index < -0.39 is 0 Å². The van der Waals surface area contributed by atoms with Crippen molar-refractivity contribution in [1.29, 1.82) is 5.26 Å². The van der Waals surface area contributed by atoms with E-state index in [1.165, 1.54) is 11.5 Å². The van der Waals surface area contributed by atoms with Crippen LogP contribution in [0.5, 0.6) is 5.75 Å². The molecule has 0 aliphatic rings. The van der Waals surface area contributed by atoms with Crippen molar-refractivity contribution < 1.29 is 9.53 Å². The van der Waals surface area contributed by atoms with Crippen LogP contribution in [0.25, 0.3) is 22.0 Å². The van der Waals surface area contributed by atoms with Crippen molar-refractivity contribution in [1.82, 2.24) is 9.36 Å². The van der Waals surface area contributed by atoms with Crippen LogP contribution in [0.1, 0.15) is 42.3 Å². The first-order valence-electron chi connectivity index (χ1n) is 8.69. The van der Waals surface area contributed by atoms with Crippen LogP contribution < -0.4 is 4.74 Å². The van der Waals surface area contributed by atoms with Crippen molar-refractivity contribution in [3.63, 3.8) is 0 Å². The Morgan fingerprint density at radius 3 is 2.78 bits per heavy atom. The molecule has 5 nitrogen and oxygen atoms in total. The molecule has 0 amide bonds. The maximum Gasteiger partial charge on any atom is 0.173 e. The average molecular weight is 377 g/mol. The van der Waals surface area contributed by atoms with Gasteiger partial charge < -0.3 is 4.74 Å². The lowest BCUT2D eigenvalue weighted by Gasteiger charge is -2.11. The van der Waals surface area contributed by atoms with Gasteiger partial charge in [-0.3, -0.25) is 4.79 Å². The maximum atomic E-state index is 11.3. The van der Waals surface area contributed by atoms with E-state index in [0.29, 0.717) is 22.7 Å². The molecule has 0 saturated carbocycles. The summed E-state index contributed by atoms with van der Waals surface area (Å²) in [7, 11) is 0. The molecule has 27 heavy (non-hydrogen) atoms. The molecule has 6 heteroatoms. The predicted molar refractivity (Wildman–Crippen MR) is 106 cm³/mol. The summed E-state index contributed by atoms with van der Waals surface area (Å²) in [6.45, 7) is 5.85. The van der Waals surface area contributed by atoms with Gasteiger partial charge in [0.05, 0.1) is 11.7 Å². The Labute approximate surface area is 162 Å². The predicted octanol–water partition coefficient (Wildman–Crippen LogP) is 4.91. The van der Waals surface area contributed by atoms with Crippen molar-refractivity contribution in [2.45, 2.75) is 33.3 Å². The van der Waals surface area contributed by atoms with Gasteiger partial charge >= 0.3 is 0 Å². The van der Waals surface area contributed by atoms with E-state index >= 15 is 0 Å². The maximum absolute atomic E-state index is 11.3. The van der Waals surface area contributed by atoms with E-state index in [2.05, 4.69) is 15.4 Å². The number of aromatic nitrogens is 2. The summed E-state index contributed by atoms with van der Waals surface area (Å²) in [6.07, 6.45) is 1.58. The van der Waals surface area contributed by atoms with Gasteiger partial charge in [0.2, 0.25) is 0 Å². The van der Waals surface area contributed by atoms with E-state index in [1.807, 2.05) is 39.0 Å². The molecule has 3 aromatic rings. The van der Waals surface area contributed by atoms with Crippen LogP contribution in [0.2, 0.25) is 0 Å². The topological polar surface area (TPSA) is 75.9 Å². The van der Waals surface area contributed by atoms with Crippen molar-refractivity contribution in [3.8, 4) is 33.8 Å². The van der Waals surface area contributed by atoms with Crippen LogP contribution in [-0.2, 0) is 6.42 Å². The van der Waals surface area contributed by atoms with Crippen LogP contribution in [0.3, 0.4) is 0 Å². The van der Waals surface area contributed by atoms with Gasteiger partial charge in [-0.15, -0.1) is 0 Å². The fourth-order valence-corrected chi connectivity index (χ4v) is 3.55. The summed E-state index contributed by atoms with van der Waals surface area (Å²) >= 11 is 1.27. The summed E-state index contributed by atoms with van der Waals surface area (Å²) in [4.78, 5) is 15.9. The Kier molecular flexibility index (Phi) is 5.63. The minimum atomic E-state index is -0.00589. The number of carbonyl (C=O) groups excluding carboxylic acids is 1. The molecular formula is C21H19N3O2S. The second-order valence-electron chi connectivity index (χ2n) is 6.26. The van der Waals surface area contributed by atoms with E-state index in [0.717, 1.165) is 34.4 Å². The van der Waals surface area contributed by atoms with Gasteiger partial charge in [-0.2, -0.15) is 9.64 Å². The van der Waals surface area contributed by atoms with Crippen LogP contribution in [-0.4, -0.2) is 21.7 Å². The zero-order valence-corrected chi connectivity index (χ0v) is 16.2. The largest absolute Gasteiger partial charge is 0.490 e. The zero-order chi connectivity index (χ0) is 19.4. The second-order valence-corrected chi connectivity index (χ2v) is 7.01. The normalized spacial score (nSPS) is 10.6. The number of benzene rings is 2. The lowest BCUT2D eigenvalue weighted by molar-refractivity contribution is 0.112. The Morgan fingerprint density at radius 1 is 1.30 bits per heavy atom. The molecule has 0 N–H and O–H groups in total. The average Bonchev–Trinajstić information content (AvgIpc) is 3.17. The SMILES string of the molecule is CCc1c(C=O)cccc1-c1nsc(-c2ccc(OC(C)C)c(C#N)c2)n1. The number of ether oxygens (including phenoxy) is 1. The third-order valence-corrected chi connectivity index (χ3v) is 4.83. The minimum Gasteiger partial charge on any atom is -0.490 e. The van der Waals surface area contributed by atoms with Crippen molar-refractivity contribution in [2.75, 3.05) is 0 Å². The Hall–Kier alpha value is -3.04. The summed E-state index contributed by atoms with van der Waals surface area (Å²) in [5, 5.41) is 10.1. The number of nitrogens with zero attached hydrogens (tertiary/aromatic N) is 3. The van der Waals surface area contributed by atoms with Gasteiger partial charge in [-0.05, 0) is 55.6 Å². The lowest BCUT2D eigenvalue weighted by atomic mass is 9.99. The molecule has 0 saturated heterocycles. The van der Waals surface area contributed by atoms with Gasteiger partial charge in [-0.1, -0.05) is 25.1 Å². The molecule has 136 valence electrons. The Balaban J connectivity index is 2.00. The number of rotatable bonds is 6. The molecule has 1 heterocycles. The molecule has 3 rings (SSSR count). The first-order chi connectivity index (χ1) is 13.1. The molecule has 2 aromatic carbocycles. The van der Waals surface area contributed by atoms with Crippen molar-refractivity contribution in [3.05, 3.63) is 53.1 Å². The highest BCUT2D eigenvalue weighted by molar-refractivity contribution is 7.09. The van der Waals surface area contributed by atoms with E-state index in [-0.39, 0.29) is 6.10 Å². The van der Waals surface area contributed by atoms with Crippen LogP contribution >= 0.6 is 11.5 Å². The van der Waals surface area contributed by atoms with E-state index in [1.54, 1.807) is 18.2 Å². The number of aldehydes is 1. The lowest BCUT2D eigenvalue weighted by Crippen LogP contribution is -2.06. The van der Waals surface area contributed by atoms with Gasteiger partial charge in [0.25, 0.3) is 0 Å². The molecule has 1 aromatic heterocycles. The smallest absolute Gasteiger partial charge is 0.173 e. The Bertz CT molecular complexity index is 1020. The summed E-state index contributed by atoms with van der Waals surface area (Å²) in [5.41, 5.74) is 3.75. The van der Waals surface area contributed by atoms with Gasteiger partial charge in [0, 0.05) is 16.7 Å². The molecular weight excluding hydrogens is 358 g/mol. The second kappa shape index (κ2) is 8.11. The first kappa shape index (κ1) is 18.7. The molecule has 0 radical (unpaired) electrons. The van der Waals surface area contributed by atoms with Crippen molar-refractivity contribution in [2.24, 2.45) is 0 Å². The highest BCUT2D eigenvalue weighted by Gasteiger charge is 2.15. The van der Waals surface area contributed by atoms with Crippen molar-refractivity contribution >= 4 is 17.8 Å². The summed E-state index contributed by atoms with van der Waals surface area (Å²) in [5.74, 6) is 1.16. The highest BCUT2D eigenvalue weighted by atomic mass is 32.1. The molecule has 0 spiro atoms. The number of nitriles is 1. The molecule has 0 unspecified atom stereocenters. The minimum absolute atomic E-state index is 0.00589. The Morgan fingerprint density at radius 2 is 2.11 bits per heavy atom. The van der Waals surface area contributed by atoms with E-state index in [9.17, 15) is 10.1 Å². The van der Waals surface area contributed by atoms with Gasteiger partial charge in [0.15, 0.2) is 5.82 Å². The van der Waals surface area contributed by atoms with E-state index in [4.69, 9.17) is 4.74 Å². The standard InChI is InChI=1S/C21H19N3O2S/c1-4-17-15(12-25)6-5-7-18(17)20-23-21(27-24-20)14-8-9-19(26-13(2)3)16(10-14)11-22/h5-10,12-13H,4H2,1-3H3. The zero-order valence-electron chi connectivity index (χ0n) is 15.4. The number of hydrogen-bond acceptors (Lipinski definition) is 6. The van der Waals surface area contributed by atoms with Crippen LogP contribution in [0.15, 0.2) is 36.4 Å². The molecule has 0 fully saturated rings. The molecule has 0 atom stereocenters. The molecule has 0 aliphatic heterocycles. The first-order valence-corrected chi connectivity index (χ1v) is 9.47. The third-order valence-electron chi connectivity index (χ3n) is 4.07. The fourth-order valence-electron chi connectivity index (χ4n) is 2.88. The molecule has 0 aliphatic carbocycles. The number of carbonyl (C=O) groups is 1. The monoisotopic (exact) mass is 377 g/mol. The van der Waals surface area contributed by atoms with Crippen LogP contribution in [0.4, 0.5) is 0 Å². The molecule has 0 bridgehead atoms. The summed E-state index contributed by atoms with van der Waals surface area (Å²) in [6, 6.07) is 13.2. The quantitative estimate of drug-likeness (QED) is 0.571. The fraction of sp³-hybridized carbons (Fsp3) is 0.238. The third kappa shape index (κ3) is 3.88. The van der Waals surface area contributed by atoms with Gasteiger partial charge in [0.1, 0.15) is 23.1 Å². The number of hydrogen-bond donors (Lipinski definition) is 0.